The molecular formula is C35H28N2O5. The molecule has 3 heterocycles. The Morgan fingerprint density at radius 1 is 0.833 bits per heavy atom. The van der Waals surface area contributed by atoms with Crippen molar-refractivity contribution in [1.82, 2.24) is 4.90 Å². The summed E-state index contributed by atoms with van der Waals surface area (Å²) in [5, 5.41) is 3.07. The number of nitrogens with one attached hydrogen (secondary N) is 1. The van der Waals surface area contributed by atoms with Crippen LogP contribution in [0, 0.1) is 5.92 Å². The standard InChI is InChI=1S/C35H28N2O5/c1-41-23-16-17-25(28(20-23)42-2)32(39)30-29(31(38)22-11-4-3-5-12-22)35(26-14-8-9-15-27(26)36-34(35)40)33-24-13-7-6-10-21(24)18-19-37(30)33/h3-20,29-30,33H,1-2H3,(H,36,40). The first-order chi connectivity index (χ1) is 20.5. The zero-order chi connectivity index (χ0) is 29.0. The molecule has 0 aromatic heterocycles. The van der Waals surface area contributed by atoms with Crippen LogP contribution in [0.1, 0.15) is 43.4 Å². The second-order valence-electron chi connectivity index (χ2n) is 10.7. The number of hydrogen-bond acceptors (Lipinski definition) is 6. The lowest BCUT2D eigenvalue weighted by Gasteiger charge is -2.38. The number of methoxy groups -OCH3 is 2. The largest absolute Gasteiger partial charge is 0.497 e. The number of benzene rings is 4. The topological polar surface area (TPSA) is 84.9 Å². The maximum absolute atomic E-state index is 14.8. The van der Waals surface area contributed by atoms with Crippen molar-refractivity contribution in [2.75, 3.05) is 19.5 Å². The molecule has 1 spiro atoms. The Hall–Kier alpha value is -5.17. The predicted molar refractivity (Wildman–Crippen MR) is 159 cm³/mol. The molecule has 1 fully saturated rings. The predicted octanol–water partition coefficient (Wildman–Crippen LogP) is 5.69. The number of rotatable bonds is 6. The monoisotopic (exact) mass is 556 g/mol. The third kappa shape index (κ3) is 3.49. The zero-order valence-electron chi connectivity index (χ0n) is 23.1. The molecule has 4 unspecified atom stereocenters. The van der Waals surface area contributed by atoms with Crippen molar-refractivity contribution < 1.29 is 23.9 Å². The molecule has 1 amide bonds. The number of fused-ring (bicyclic) bond motifs is 6. The summed E-state index contributed by atoms with van der Waals surface area (Å²) in [6, 6.07) is 27.6. The Morgan fingerprint density at radius 3 is 2.36 bits per heavy atom. The quantitative estimate of drug-likeness (QED) is 0.308. The number of ether oxygens (including phenoxy) is 2. The molecule has 0 aliphatic carbocycles. The lowest BCUT2D eigenvalue weighted by molar-refractivity contribution is -0.122. The first-order valence-electron chi connectivity index (χ1n) is 13.8. The smallest absolute Gasteiger partial charge is 0.238 e. The molecule has 7 rings (SSSR count). The number of amides is 1. The van der Waals surface area contributed by atoms with Crippen LogP contribution in [0.3, 0.4) is 0 Å². The van der Waals surface area contributed by atoms with E-state index in [1.165, 1.54) is 7.11 Å². The van der Waals surface area contributed by atoms with Crippen molar-refractivity contribution in [2.24, 2.45) is 5.92 Å². The fourth-order valence-electron chi connectivity index (χ4n) is 7.11. The lowest BCUT2D eigenvalue weighted by Crippen LogP contribution is -2.49. The first-order valence-corrected chi connectivity index (χ1v) is 13.8. The van der Waals surface area contributed by atoms with Gasteiger partial charge >= 0.3 is 0 Å². The average molecular weight is 557 g/mol. The van der Waals surface area contributed by atoms with Gasteiger partial charge in [-0.25, -0.2) is 0 Å². The van der Waals surface area contributed by atoms with Gasteiger partial charge in [-0.3, -0.25) is 14.4 Å². The van der Waals surface area contributed by atoms with E-state index in [0.717, 1.165) is 11.1 Å². The number of ketones is 2. The minimum absolute atomic E-state index is 0.270. The van der Waals surface area contributed by atoms with Gasteiger partial charge < -0.3 is 19.7 Å². The second-order valence-corrected chi connectivity index (χ2v) is 10.7. The van der Waals surface area contributed by atoms with Crippen molar-refractivity contribution >= 4 is 29.2 Å². The summed E-state index contributed by atoms with van der Waals surface area (Å²) in [6.07, 6.45) is 3.80. The fraction of sp³-hybridized carbons (Fsp3) is 0.171. The molecule has 208 valence electrons. The summed E-state index contributed by atoms with van der Waals surface area (Å²) in [7, 11) is 3.04. The SMILES string of the molecule is COc1ccc(C(=O)C2C(C(=O)c3ccccc3)C3(C(=O)Nc4ccccc43)C3c4ccccc4C=CN23)c(OC)c1. The Labute approximate surface area is 243 Å². The summed E-state index contributed by atoms with van der Waals surface area (Å²) in [4.78, 5) is 46.0. The van der Waals surface area contributed by atoms with Crippen molar-refractivity contribution in [3.8, 4) is 11.5 Å². The normalized spacial score (nSPS) is 23.1. The summed E-state index contributed by atoms with van der Waals surface area (Å²) in [5.41, 5.74) is 2.55. The Kier molecular flexibility index (Phi) is 5.97. The molecule has 1 N–H and O–H groups in total. The molecule has 3 aliphatic rings. The highest BCUT2D eigenvalue weighted by molar-refractivity contribution is 6.17. The van der Waals surface area contributed by atoms with E-state index in [9.17, 15) is 14.4 Å². The number of nitrogens with zero attached hydrogens (tertiary/aromatic N) is 1. The maximum atomic E-state index is 14.8. The fourth-order valence-corrected chi connectivity index (χ4v) is 7.11. The van der Waals surface area contributed by atoms with Gasteiger partial charge in [-0.1, -0.05) is 72.8 Å². The summed E-state index contributed by atoms with van der Waals surface area (Å²) in [6.45, 7) is 0. The number of carbonyl (C=O) groups excluding carboxylic acids is 3. The summed E-state index contributed by atoms with van der Waals surface area (Å²) in [5.74, 6) is -1.06. The van der Waals surface area contributed by atoms with Gasteiger partial charge in [-0.2, -0.15) is 0 Å². The van der Waals surface area contributed by atoms with Crippen LogP contribution in [0.25, 0.3) is 6.08 Å². The minimum atomic E-state index is -1.38. The first kappa shape index (κ1) is 25.8. The van der Waals surface area contributed by atoms with Crippen molar-refractivity contribution in [3.05, 3.63) is 131 Å². The third-order valence-corrected chi connectivity index (χ3v) is 8.85. The number of Topliss-reactive ketones (excluding diaryl/α,β-unsaturated/α-hetero) is 2. The molecule has 7 nitrogen and oxygen atoms in total. The third-order valence-electron chi connectivity index (χ3n) is 8.85. The van der Waals surface area contributed by atoms with Gasteiger partial charge in [0.1, 0.15) is 23.0 Å². The molecule has 4 aromatic rings. The van der Waals surface area contributed by atoms with E-state index >= 15 is 0 Å². The van der Waals surface area contributed by atoms with Crippen LogP contribution < -0.4 is 14.8 Å². The van der Waals surface area contributed by atoms with Gasteiger partial charge in [0, 0.05) is 23.5 Å². The van der Waals surface area contributed by atoms with Gasteiger partial charge in [0.2, 0.25) is 5.91 Å². The Balaban J connectivity index is 1.53. The van der Waals surface area contributed by atoms with E-state index in [-0.39, 0.29) is 17.5 Å². The second kappa shape index (κ2) is 9.73. The Morgan fingerprint density at radius 2 is 1.57 bits per heavy atom. The van der Waals surface area contributed by atoms with Crippen LogP contribution in [0.5, 0.6) is 11.5 Å². The highest BCUT2D eigenvalue weighted by atomic mass is 16.5. The maximum Gasteiger partial charge on any atom is 0.238 e. The highest BCUT2D eigenvalue weighted by Gasteiger charge is 2.70. The molecule has 4 atom stereocenters. The number of carbonyl (C=O) groups is 3. The minimum Gasteiger partial charge on any atom is -0.497 e. The molecule has 0 saturated carbocycles. The van der Waals surface area contributed by atoms with E-state index in [2.05, 4.69) is 5.32 Å². The highest BCUT2D eigenvalue weighted by Crippen LogP contribution is 2.62. The van der Waals surface area contributed by atoms with Gasteiger partial charge in [0.15, 0.2) is 11.6 Å². The van der Waals surface area contributed by atoms with E-state index < -0.39 is 23.4 Å². The van der Waals surface area contributed by atoms with Gasteiger partial charge in [0.25, 0.3) is 0 Å². The van der Waals surface area contributed by atoms with Gasteiger partial charge in [-0.15, -0.1) is 0 Å². The van der Waals surface area contributed by atoms with Crippen LogP contribution in [0.15, 0.2) is 103 Å². The number of anilines is 1. The van der Waals surface area contributed by atoms with Crippen molar-refractivity contribution in [3.63, 3.8) is 0 Å². The summed E-state index contributed by atoms with van der Waals surface area (Å²) >= 11 is 0. The molecule has 4 aromatic carbocycles. The van der Waals surface area contributed by atoms with Crippen LogP contribution in [-0.2, 0) is 10.2 Å². The van der Waals surface area contributed by atoms with Gasteiger partial charge in [-0.05, 0) is 41.0 Å². The molecular weight excluding hydrogens is 528 g/mol. The van der Waals surface area contributed by atoms with Crippen LogP contribution in [-0.4, -0.2) is 42.6 Å². The van der Waals surface area contributed by atoms with E-state index in [0.29, 0.717) is 33.9 Å². The lowest BCUT2D eigenvalue weighted by atomic mass is 9.62. The van der Waals surface area contributed by atoms with E-state index in [1.54, 1.807) is 49.6 Å². The summed E-state index contributed by atoms with van der Waals surface area (Å²) < 4.78 is 11.0. The molecule has 0 bridgehead atoms. The number of para-hydroxylation sites is 1. The van der Waals surface area contributed by atoms with E-state index in [4.69, 9.17) is 9.47 Å². The van der Waals surface area contributed by atoms with Gasteiger partial charge in [0.05, 0.1) is 31.7 Å². The van der Waals surface area contributed by atoms with E-state index in [1.807, 2.05) is 71.8 Å². The molecule has 42 heavy (non-hydrogen) atoms. The van der Waals surface area contributed by atoms with Crippen molar-refractivity contribution in [1.29, 1.82) is 0 Å². The molecule has 1 saturated heterocycles. The molecule has 3 aliphatic heterocycles. The Bertz CT molecular complexity index is 1780. The van der Waals surface area contributed by atoms with Crippen LogP contribution in [0.2, 0.25) is 0 Å². The number of hydrogen-bond donors (Lipinski definition) is 1. The van der Waals surface area contributed by atoms with Crippen LogP contribution in [0.4, 0.5) is 5.69 Å². The van der Waals surface area contributed by atoms with Crippen LogP contribution >= 0.6 is 0 Å². The molecule has 7 heteroatoms. The van der Waals surface area contributed by atoms with Crippen molar-refractivity contribution in [2.45, 2.75) is 17.5 Å². The zero-order valence-corrected chi connectivity index (χ0v) is 23.1. The average Bonchev–Trinajstić information content (AvgIpc) is 3.52. The molecule has 0 radical (unpaired) electrons.